The molecule has 1 aromatic carbocycles. The van der Waals surface area contributed by atoms with Gasteiger partial charge >= 0.3 is 6.09 Å². The van der Waals surface area contributed by atoms with Gasteiger partial charge < -0.3 is 15.2 Å². The first-order valence-corrected chi connectivity index (χ1v) is 10.9. The zero-order valence-electron chi connectivity index (χ0n) is 17.9. The van der Waals surface area contributed by atoms with Gasteiger partial charge in [-0.05, 0) is 56.4 Å². The number of carboxylic acid groups (broad SMARTS) is 1. The van der Waals surface area contributed by atoms with Gasteiger partial charge in [0.15, 0.2) is 5.65 Å². The van der Waals surface area contributed by atoms with Crippen molar-refractivity contribution in [3.8, 4) is 17.0 Å². The molecule has 1 aliphatic rings. The Morgan fingerprint density at radius 1 is 1.35 bits per heavy atom. The van der Waals surface area contributed by atoms with Crippen molar-refractivity contribution in [3.05, 3.63) is 47.2 Å². The molecule has 1 fully saturated rings. The van der Waals surface area contributed by atoms with E-state index in [4.69, 9.17) is 21.4 Å². The van der Waals surface area contributed by atoms with Crippen LogP contribution in [0.3, 0.4) is 0 Å². The van der Waals surface area contributed by atoms with E-state index in [0.717, 1.165) is 22.6 Å². The van der Waals surface area contributed by atoms with Crippen LogP contribution in [0.2, 0.25) is 5.02 Å². The number of fused-ring (bicyclic) bond motifs is 1. The molecule has 1 unspecified atom stereocenters. The summed E-state index contributed by atoms with van der Waals surface area (Å²) in [7, 11) is 0. The van der Waals surface area contributed by atoms with Gasteiger partial charge in [-0.25, -0.2) is 14.3 Å². The first-order chi connectivity index (χ1) is 14.7. The predicted octanol–water partition coefficient (Wildman–Crippen LogP) is 5.38. The summed E-state index contributed by atoms with van der Waals surface area (Å²) in [6, 6.07) is 9.55. The van der Waals surface area contributed by atoms with Gasteiger partial charge in [0.05, 0.1) is 21.9 Å². The highest BCUT2D eigenvalue weighted by atomic mass is 35.5. The zero-order chi connectivity index (χ0) is 22.2. The van der Waals surface area contributed by atoms with Crippen LogP contribution in [-0.2, 0) is 0 Å². The molecule has 7 nitrogen and oxygen atoms in total. The SMILES string of the molecule is CC(C)CC(C)(COc1ccc(-c2ccnc3cc(C4CC4)nn23)cc1Cl)NC(=O)O. The van der Waals surface area contributed by atoms with Gasteiger partial charge in [-0.1, -0.05) is 25.4 Å². The average molecular weight is 443 g/mol. The lowest BCUT2D eigenvalue weighted by molar-refractivity contribution is 0.143. The summed E-state index contributed by atoms with van der Waals surface area (Å²) in [5.74, 6) is 1.37. The average Bonchev–Trinajstić information content (AvgIpc) is 3.44. The van der Waals surface area contributed by atoms with Crippen LogP contribution < -0.4 is 10.1 Å². The van der Waals surface area contributed by atoms with Crippen molar-refractivity contribution in [2.24, 2.45) is 5.92 Å². The fraction of sp³-hybridized carbons (Fsp3) is 0.435. The molecule has 164 valence electrons. The van der Waals surface area contributed by atoms with Crippen molar-refractivity contribution in [2.45, 2.75) is 51.5 Å². The van der Waals surface area contributed by atoms with Gasteiger partial charge in [0, 0.05) is 23.7 Å². The summed E-state index contributed by atoms with van der Waals surface area (Å²) in [6.45, 7) is 6.11. The minimum Gasteiger partial charge on any atom is -0.490 e. The van der Waals surface area contributed by atoms with Gasteiger partial charge in [0.2, 0.25) is 0 Å². The van der Waals surface area contributed by atoms with Gasteiger partial charge in [-0.15, -0.1) is 0 Å². The molecule has 2 aromatic heterocycles. The Morgan fingerprint density at radius 2 is 2.13 bits per heavy atom. The molecule has 0 radical (unpaired) electrons. The van der Waals surface area contributed by atoms with Crippen LogP contribution in [0.25, 0.3) is 16.9 Å². The number of hydrogen-bond donors (Lipinski definition) is 2. The summed E-state index contributed by atoms with van der Waals surface area (Å²) in [5, 5.41) is 17.0. The number of carbonyl (C=O) groups is 1. The van der Waals surface area contributed by atoms with Gasteiger partial charge in [-0.3, -0.25) is 0 Å². The molecule has 1 amide bonds. The fourth-order valence-electron chi connectivity index (χ4n) is 4.03. The Balaban J connectivity index is 1.56. The Kier molecular flexibility index (Phi) is 5.79. The molecule has 1 saturated carbocycles. The molecule has 1 aliphatic carbocycles. The second-order valence-corrected chi connectivity index (χ2v) is 9.37. The number of nitrogens with one attached hydrogen (secondary N) is 1. The predicted molar refractivity (Wildman–Crippen MR) is 120 cm³/mol. The molecule has 4 rings (SSSR count). The van der Waals surface area contributed by atoms with E-state index in [2.05, 4.69) is 10.3 Å². The van der Waals surface area contributed by atoms with E-state index in [0.29, 0.717) is 29.0 Å². The summed E-state index contributed by atoms with van der Waals surface area (Å²) >= 11 is 6.53. The molecule has 0 bridgehead atoms. The molecule has 8 heteroatoms. The van der Waals surface area contributed by atoms with Gasteiger partial charge in [-0.2, -0.15) is 5.10 Å². The van der Waals surface area contributed by atoms with Crippen molar-refractivity contribution in [3.63, 3.8) is 0 Å². The molecular weight excluding hydrogens is 416 g/mol. The van der Waals surface area contributed by atoms with Crippen molar-refractivity contribution in [2.75, 3.05) is 6.61 Å². The van der Waals surface area contributed by atoms with Crippen molar-refractivity contribution >= 4 is 23.3 Å². The van der Waals surface area contributed by atoms with Crippen LogP contribution in [0.4, 0.5) is 4.79 Å². The molecule has 2 heterocycles. The summed E-state index contributed by atoms with van der Waals surface area (Å²) in [4.78, 5) is 15.7. The molecule has 0 aliphatic heterocycles. The van der Waals surface area contributed by atoms with Crippen molar-refractivity contribution in [1.82, 2.24) is 19.9 Å². The summed E-state index contributed by atoms with van der Waals surface area (Å²) < 4.78 is 7.79. The van der Waals surface area contributed by atoms with E-state index in [1.165, 1.54) is 12.8 Å². The van der Waals surface area contributed by atoms with Crippen LogP contribution in [0.5, 0.6) is 5.75 Å². The van der Waals surface area contributed by atoms with E-state index >= 15 is 0 Å². The molecular formula is C23H27ClN4O3. The van der Waals surface area contributed by atoms with Crippen LogP contribution in [0, 0.1) is 5.92 Å². The number of hydrogen-bond acceptors (Lipinski definition) is 4. The second kappa shape index (κ2) is 8.38. The lowest BCUT2D eigenvalue weighted by atomic mass is 9.91. The number of rotatable bonds is 8. The normalized spacial score (nSPS) is 15.8. The lowest BCUT2D eigenvalue weighted by Crippen LogP contribution is -2.50. The highest BCUT2D eigenvalue weighted by molar-refractivity contribution is 6.32. The summed E-state index contributed by atoms with van der Waals surface area (Å²) in [6.07, 6.45) is 3.72. The largest absolute Gasteiger partial charge is 0.490 e. The van der Waals surface area contributed by atoms with E-state index in [1.807, 2.05) is 55.6 Å². The van der Waals surface area contributed by atoms with E-state index in [1.54, 1.807) is 6.20 Å². The maximum atomic E-state index is 11.2. The monoisotopic (exact) mass is 442 g/mol. The minimum absolute atomic E-state index is 0.181. The second-order valence-electron chi connectivity index (χ2n) is 8.97. The number of benzene rings is 1. The number of aromatic nitrogens is 3. The van der Waals surface area contributed by atoms with Crippen molar-refractivity contribution in [1.29, 1.82) is 0 Å². The fourth-order valence-corrected chi connectivity index (χ4v) is 4.26. The first kappa shape index (κ1) is 21.4. The highest BCUT2D eigenvalue weighted by Gasteiger charge is 2.29. The molecule has 3 aromatic rings. The number of amides is 1. The van der Waals surface area contributed by atoms with E-state index < -0.39 is 11.6 Å². The number of halogens is 1. The van der Waals surface area contributed by atoms with Crippen LogP contribution >= 0.6 is 11.6 Å². The lowest BCUT2D eigenvalue weighted by Gasteiger charge is -2.31. The van der Waals surface area contributed by atoms with Crippen LogP contribution in [0.15, 0.2) is 36.5 Å². The minimum atomic E-state index is -1.07. The molecule has 2 N–H and O–H groups in total. The Morgan fingerprint density at radius 3 is 2.77 bits per heavy atom. The van der Waals surface area contributed by atoms with E-state index in [-0.39, 0.29) is 6.61 Å². The molecule has 0 spiro atoms. The smallest absolute Gasteiger partial charge is 0.405 e. The van der Waals surface area contributed by atoms with Crippen LogP contribution in [0.1, 0.15) is 51.6 Å². The van der Waals surface area contributed by atoms with Crippen molar-refractivity contribution < 1.29 is 14.6 Å². The first-order valence-electron chi connectivity index (χ1n) is 10.5. The maximum Gasteiger partial charge on any atom is 0.405 e. The maximum absolute atomic E-state index is 11.2. The number of ether oxygens (including phenoxy) is 1. The molecule has 1 atom stereocenters. The topological polar surface area (TPSA) is 88.8 Å². The van der Waals surface area contributed by atoms with E-state index in [9.17, 15) is 9.90 Å². The highest BCUT2D eigenvalue weighted by Crippen LogP contribution is 2.40. The molecule has 31 heavy (non-hydrogen) atoms. The third-order valence-corrected chi connectivity index (χ3v) is 5.71. The third kappa shape index (κ3) is 4.93. The van der Waals surface area contributed by atoms with Gasteiger partial charge in [0.25, 0.3) is 0 Å². The standard InChI is InChI=1S/C23H27ClN4O3/c1-14(2)12-23(3,26-22(29)30)13-31-20-7-6-16(10-17(20)24)19-8-9-25-21-11-18(15-4-5-15)27-28(19)21/h6-11,14-15,26H,4-5,12-13H2,1-3H3,(H,29,30). The Bertz CT molecular complexity index is 1110. The number of nitrogens with zero attached hydrogens (tertiary/aromatic N) is 3. The Labute approximate surface area is 186 Å². The zero-order valence-corrected chi connectivity index (χ0v) is 18.7. The quantitative estimate of drug-likeness (QED) is 0.489. The van der Waals surface area contributed by atoms with Gasteiger partial charge in [0.1, 0.15) is 12.4 Å². The van der Waals surface area contributed by atoms with Crippen LogP contribution in [-0.4, -0.2) is 37.9 Å². The summed E-state index contributed by atoms with van der Waals surface area (Å²) in [5.41, 5.74) is 3.00. The molecule has 0 saturated heterocycles. The Hall–Kier alpha value is -2.80. The third-order valence-electron chi connectivity index (χ3n) is 5.41.